The summed E-state index contributed by atoms with van der Waals surface area (Å²) in [5, 5.41) is 10.6. The molecule has 0 saturated carbocycles. The zero-order chi connectivity index (χ0) is 28.9. The lowest BCUT2D eigenvalue weighted by atomic mass is 9.70. The molecule has 40 heavy (non-hydrogen) atoms. The summed E-state index contributed by atoms with van der Waals surface area (Å²) in [5.74, 6) is -2.76. The van der Waals surface area contributed by atoms with Crippen molar-refractivity contribution in [2.24, 2.45) is 11.8 Å². The number of esters is 1. The van der Waals surface area contributed by atoms with Crippen LogP contribution in [0.5, 0.6) is 0 Å². The molecule has 3 unspecified atom stereocenters. The Morgan fingerprint density at radius 2 is 2.02 bits per heavy atom. The number of aliphatic hydroxyl groups excluding tert-OH is 1. The van der Waals surface area contributed by atoms with Gasteiger partial charge in [-0.15, -0.1) is 13.2 Å². The molecule has 1 spiro atoms. The largest absolute Gasteiger partial charge is 0.465 e. The van der Waals surface area contributed by atoms with E-state index in [-0.39, 0.29) is 29.9 Å². The Kier molecular flexibility index (Phi) is 10.2. The Labute approximate surface area is 245 Å². The summed E-state index contributed by atoms with van der Waals surface area (Å²) in [6.45, 7) is 10.3. The number of amides is 2. The van der Waals surface area contributed by atoms with Crippen LogP contribution in [-0.2, 0) is 30.3 Å². The minimum absolute atomic E-state index is 0.220. The van der Waals surface area contributed by atoms with Gasteiger partial charge >= 0.3 is 5.97 Å². The van der Waals surface area contributed by atoms with Gasteiger partial charge in [0, 0.05) is 17.9 Å². The predicted octanol–water partition coefficient (Wildman–Crippen LogP) is 3.66. The number of unbranched alkanes of at least 4 members (excludes halogenated alkanes) is 2. The smallest absolute Gasteiger partial charge is 0.312 e. The summed E-state index contributed by atoms with van der Waals surface area (Å²) in [6.07, 6.45) is 6.69. The molecule has 0 aliphatic carbocycles. The highest BCUT2D eigenvalue weighted by Gasteiger charge is 2.77. The number of carbonyl (C=O) groups is 3. The molecule has 8 nitrogen and oxygen atoms in total. The number of nitrogens with zero attached hydrogens (tertiary/aromatic N) is 2. The van der Waals surface area contributed by atoms with E-state index in [9.17, 15) is 19.5 Å². The first-order valence-corrected chi connectivity index (χ1v) is 15.2. The fourth-order valence-electron chi connectivity index (χ4n) is 6.61. The van der Waals surface area contributed by atoms with Crippen molar-refractivity contribution in [2.75, 3.05) is 26.3 Å². The van der Waals surface area contributed by atoms with Crippen molar-refractivity contribution in [3.63, 3.8) is 0 Å². The normalized spacial score (nSPS) is 29.2. The molecular weight excluding hydrogens is 576 g/mol. The first kappa shape index (κ1) is 30.5. The average Bonchev–Trinajstić information content (AvgIpc) is 3.55. The summed E-state index contributed by atoms with van der Waals surface area (Å²) >= 11 is 3.70. The second-order valence-corrected chi connectivity index (χ2v) is 12.1. The first-order chi connectivity index (χ1) is 19.3. The van der Waals surface area contributed by atoms with Gasteiger partial charge in [0.2, 0.25) is 11.8 Å². The molecule has 7 atom stereocenters. The van der Waals surface area contributed by atoms with Crippen molar-refractivity contribution in [3.8, 4) is 0 Å². The minimum atomic E-state index is -1.20. The number of hydrogen-bond acceptors (Lipinski definition) is 6. The molecule has 3 aliphatic heterocycles. The third kappa shape index (κ3) is 5.65. The molecular formula is C31H41BrN2O6. The number of rotatable bonds is 15. The van der Waals surface area contributed by atoms with E-state index in [1.165, 1.54) is 4.90 Å². The standard InChI is InChI=1S/C31H41BrN2O6/c1-4-7-12-17-39-30(38)24-25-28(36)34(22(20-35)18-21-13-10-9-11-14-21)27(31(25)19-23(32)26(24)40-31)29(37)33(15-6-3)16-8-5-2/h4,6,9-11,13-14,22-27,35H,1,3,5,7-8,12,15-20H2,2H3/t22-,23?,24+,25+,26+,27?,31?/m1/s1. The fraction of sp³-hybridized carbons (Fsp3) is 0.581. The SMILES string of the molecule is C=CCCCOC(=O)[C@H]1[C@H]2C(=O)N([C@@H](CO)Cc3ccccc3)C(C(=O)N(CC=C)CCCC)C23CC(Br)[C@@H]1O3. The van der Waals surface area contributed by atoms with Gasteiger partial charge in [0.25, 0.3) is 0 Å². The molecule has 2 amide bonds. The van der Waals surface area contributed by atoms with Crippen LogP contribution in [0.4, 0.5) is 0 Å². The Bertz CT molecular complexity index is 1080. The van der Waals surface area contributed by atoms with E-state index in [0.717, 1.165) is 18.4 Å². The van der Waals surface area contributed by atoms with E-state index in [1.807, 2.05) is 30.3 Å². The maximum atomic E-state index is 14.4. The molecule has 0 aromatic heterocycles. The predicted molar refractivity (Wildman–Crippen MR) is 156 cm³/mol. The average molecular weight is 618 g/mol. The number of ether oxygens (including phenoxy) is 2. The number of aliphatic hydroxyl groups is 1. The molecule has 4 rings (SSSR count). The van der Waals surface area contributed by atoms with E-state index in [1.54, 1.807) is 17.1 Å². The van der Waals surface area contributed by atoms with Gasteiger partial charge in [-0.2, -0.15) is 0 Å². The maximum Gasteiger partial charge on any atom is 0.312 e. The van der Waals surface area contributed by atoms with Crippen LogP contribution in [0.25, 0.3) is 0 Å². The van der Waals surface area contributed by atoms with Gasteiger partial charge in [-0.3, -0.25) is 14.4 Å². The molecule has 3 fully saturated rings. The number of carbonyl (C=O) groups excluding carboxylic acids is 3. The Hall–Kier alpha value is -2.49. The number of alkyl halides is 1. The maximum absolute atomic E-state index is 14.4. The second-order valence-electron chi connectivity index (χ2n) is 11.0. The molecule has 0 radical (unpaired) electrons. The van der Waals surface area contributed by atoms with E-state index in [2.05, 4.69) is 36.0 Å². The van der Waals surface area contributed by atoms with Crippen molar-refractivity contribution in [1.29, 1.82) is 0 Å². The quantitative estimate of drug-likeness (QED) is 0.140. The van der Waals surface area contributed by atoms with Gasteiger partial charge in [0.05, 0.1) is 37.2 Å². The number of allylic oxidation sites excluding steroid dienone is 1. The van der Waals surface area contributed by atoms with Crippen LogP contribution in [0.3, 0.4) is 0 Å². The molecule has 3 saturated heterocycles. The van der Waals surface area contributed by atoms with E-state index < -0.39 is 41.6 Å². The molecule has 3 aliphatic rings. The number of likely N-dealkylation sites (tertiary alicyclic amines) is 1. The van der Waals surface area contributed by atoms with Gasteiger partial charge in [0.15, 0.2) is 0 Å². The van der Waals surface area contributed by atoms with Gasteiger partial charge in [0.1, 0.15) is 11.6 Å². The van der Waals surface area contributed by atoms with Gasteiger partial charge in [-0.05, 0) is 37.7 Å². The third-order valence-electron chi connectivity index (χ3n) is 8.39. The lowest BCUT2D eigenvalue weighted by Crippen LogP contribution is -2.59. The summed E-state index contributed by atoms with van der Waals surface area (Å²) in [6, 6.07) is 7.94. The van der Waals surface area contributed by atoms with Crippen LogP contribution in [0.15, 0.2) is 55.6 Å². The van der Waals surface area contributed by atoms with Gasteiger partial charge in [-0.25, -0.2) is 0 Å². The molecule has 3 heterocycles. The van der Waals surface area contributed by atoms with E-state index in [4.69, 9.17) is 9.47 Å². The van der Waals surface area contributed by atoms with Crippen molar-refractivity contribution in [3.05, 3.63) is 61.2 Å². The third-order valence-corrected chi connectivity index (χ3v) is 9.24. The Morgan fingerprint density at radius 1 is 1.27 bits per heavy atom. The number of benzene rings is 1. The highest BCUT2D eigenvalue weighted by atomic mass is 79.9. The lowest BCUT2D eigenvalue weighted by Gasteiger charge is -2.39. The van der Waals surface area contributed by atoms with E-state index in [0.29, 0.717) is 38.8 Å². The van der Waals surface area contributed by atoms with Crippen molar-refractivity contribution < 1.29 is 29.0 Å². The number of hydrogen-bond donors (Lipinski definition) is 1. The highest BCUT2D eigenvalue weighted by molar-refractivity contribution is 9.09. The molecule has 9 heteroatoms. The minimum Gasteiger partial charge on any atom is -0.465 e. The Balaban J connectivity index is 1.74. The van der Waals surface area contributed by atoms with Gasteiger partial charge in [-0.1, -0.05) is 71.8 Å². The topological polar surface area (TPSA) is 96.4 Å². The summed E-state index contributed by atoms with van der Waals surface area (Å²) in [4.78, 5) is 45.3. The van der Waals surface area contributed by atoms with Crippen molar-refractivity contribution in [2.45, 2.75) is 74.1 Å². The number of fused-ring (bicyclic) bond motifs is 1. The molecule has 2 bridgehead atoms. The summed E-state index contributed by atoms with van der Waals surface area (Å²) < 4.78 is 12.2. The fourth-order valence-corrected chi connectivity index (χ4v) is 7.56. The van der Waals surface area contributed by atoms with Gasteiger partial charge < -0.3 is 24.4 Å². The Morgan fingerprint density at radius 3 is 2.67 bits per heavy atom. The van der Waals surface area contributed by atoms with Crippen molar-refractivity contribution in [1.82, 2.24) is 9.80 Å². The van der Waals surface area contributed by atoms with Crippen molar-refractivity contribution >= 4 is 33.7 Å². The van der Waals surface area contributed by atoms with E-state index >= 15 is 0 Å². The number of halogens is 1. The van der Waals surface area contributed by atoms with Crippen LogP contribution >= 0.6 is 15.9 Å². The monoisotopic (exact) mass is 616 g/mol. The zero-order valence-corrected chi connectivity index (χ0v) is 24.8. The molecule has 1 N–H and O–H groups in total. The second kappa shape index (κ2) is 13.4. The van der Waals surface area contributed by atoms with Crippen LogP contribution in [-0.4, -0.2) is 87.6 Å². The lowest BCUT2D eigenvalue weighted by molar-refractivity contribution is -0.156. The van der Waals surface area contributed by atoms with Crippen LogP contribution in [0.1, 0.15) is 44.6 Å². The molecule has 1 aromatic rings. The highest BCUT2D eigenvalue weighted by Crippen LogP contribution is 2.60. The molecule has 218 valence electrons. The summed E-state index contributed by atoms with van der Waals surface area (Å²) in [5.41, 5.74) is -0.265. The van der Waals surface area contributed by atoms with Crippen LogP contribution in [0.2, 0.25) is 0 Å². The molecule has 1 aromatic carbocycles. The first-order valence-electron chi connectivity index (χ1n) is 14.3. The van der Waals surface area contributed by atoms with Crippen LogP contribution < -0.4 is 0 Å². The van der Waals surface area contributed by atoms with Crippen LogP contribution in [0, 0.1) is 11.8 Å². The summed E-state index contributed by atoms with van der Waals surface area (Å²) in [7, 11) is 0. The zero-order valence-electron chi connectivity index (χ0n) is 23.3.